The largest absolute Gasteiger partial charge is 0.294 e. The summed E-state index contributed by atoms with van der Waals surface area (Å²) in [6, 6.07) is 13.7. The van der Waals surface area contributed by atoms with E-state index in [0.717, 1.165) is 10.9 Å². The second kappa shape index (κ2) is 5.62. The molecule has 104 valence electrons. The van der Waals surface area contributed by atoms with E-state index in [4.69, 9.17) is 11.6 Å². The highest BCUT2D eigenvalue weighted by Gasteiger charge is 2.13. The number of fused-ring (bicyclic) bond motifs is 1. The zero-order valence-corrected chi connectivity index (χ0v) is 11.8. The van der Waals surface area contributed by atoms with Crippen molar-refractivity contribution in [1.82, 2.24) is 4.98 Å². The highest BCUT2D eigenvalue weighted by molar-refractivity contribution is 6.30. The van der Waals surface area contributed by atoms with Gasteiger partial charge in [-0.2, -0.15) is 0 Å². The van der Waals surface area contributed by atoms with Gasteiger partial charge in [0.05, 0.1) is 10.5 Å². The molecule has 0 aliphatic carbocycles. The Labute approximate surface area is 126 Å². The summed E-state index contributed by atoms with van der Waals surface area (Å²) in [5.74, 6) is -0.699. The number of nitrogens with zero attached hydrogens (tertiary/aromatic N) is 1. The van der Waals surface area contributed by atoms with E-state index in [0.29, 0.717) is 11.1 Å². The lowest BCUT2D eigenvalue weighted by molar-refractivity contribution is 0.0992. The smallest absolute Gasteiger partial charge is 0.167 e. The molecule has 0 spiro atoms. The van der Waals surface area contributed by atoms with Crippen LogP contribution in [0.4, 0.5) is 4.39 Å². The molecular weight excluding hydrogens is 289 g/mol. The highest BCUT2D eigenvalue weighted by atomic mass is 35.5. The summed E-state index contributed by atoms with van der Waals surface area (Å²) in [5.41, 5.74) is 1.56. The van der Waals surface area contributed by atoms with Gasteiger partial charge in [0.15, 0.2) is 5.78 Å². The minimum absolute atomic E-state index is 0.0231. The summed E-state index contributed by atoms with van der Waals surface area (Å²) in [6.45, 7) is 0. The molecule has 0 fully saturated rings. The van der Waals surface area contributed by atoms with E-state index in [1.54, 1.807) is 30.5 Å². The SMILES string of the molecule is O=C(Cc1cccc(Cl)c1F)c1ccc2cccnc2c1. The molecule has 3 aromatic rings. The predicted octanol–water partition coefficient (Wildman–Crippen LogP) is 4.45. The molecule has 0 radical (unpaired) electrons. The number of Topliss-reactive ketones (excluding diaryl/α,β-unsaturated/α-hetero) is 1. The Hall–Kier alpha value is -2.26. The molecule has 0 saturated carbocycles. The number of aromatic nitrogens is 1. The average molecular weight is 300 g/mol. The molecule has 0 amide bonds. The van der Waals surface area contributed by atoms with E-state index in [1.165, 1.54) is 6.07 Å². The standard InChI is InChI=1S/C17H11ClFNO/c18-14-5-1-3-13(17(14)19)10-16(21)12-7-6-11-4-2-8-20-15(11)9-12/h1-9H,10H2. The normalized spacial score (nSPS) is 10.8. The van der Waals surface area contributed by atoms with Gasteiger partial charge >= 0.3 is 0 Å². The summed E-state index contributed by atoms with van der Waals surface area (Å²) >= 11 is 5.73. The van der Waals surface area contributed by atoms with Gasteiger partial charge in [0.2, 0.25) is 0 Å². The van der Waals surface area contributed by atoms with Crippen molar-refractivity contribution >= 4 is 28.3 Å². The summed E-state index contributed by atoms with van der Waals surface area (Å²) in [5, 5.41) is 0.989. The maximum Gasteiger partial charge on any atom is 0.167 e. The van der Waals surface area contributed by atoms with Crippen molar-refractivity contribution in [3.05, 3.63) is 76.7 Å². The topological polar surface area (TPSA) is 30.0 Å². The molecule has 0 N–H and O–H groups in total. The number of carbonyl (C=O) groups is 1. The summed E-state index contributed by atoms with van der Waals surface area (Å²) in [6.07, 6.45) is 1.65. The monoisotopic (exact) mass is 299 g/mol. The Morgan fingerprint density at radius 3 is 2.86 bits per heavy atom. The zero-order chi connectivity index (χ0) is 14.8. The maximum absolute atomic E-state index is 13.8. The van der Waals surface area contributed by atoms with Crippen LogP contribution in [-0.4, -0.2) is 10.8 Å². The van der Waals surface area contributed by atoms with Crippen LogP contribution in [0.2, 0.25) is 5.02 Å². The van der Waals surface area contributed by atoms with E-state index in [9.17, 15) is 9.18 Å². The number of benzene rings is 2. The van der Waals surface area contributed by atoms with Crippen LogP contribution in [0.3, 0.4) is 0 Å². The molecule has 0 bridgehead atoms. The van der Waals surface area contributed by atoms with Gasteiger partial charge in [0.1, 0.15) is 5.82 Å². The molecule has 21 heavy (non-hydrogen) atoms. The Bertz CT molecular complexity index is 832. The molecule has 1 aromatic heterocycles. The molecule has 2 aromatic carbocycles. The Kier molecular flexibility index (Phi) is 3.67. The van der Waals surface area contributed by atoms with E-state index >= 15 is 0 Å². The minimum Gasteiger partial charge on any atom is -0.294 e. The number of pyridine rings is 1. The van der Waals surface area contributed by atoms with Gasteiger partial charge in [-0.1, -0.05) is 41.9 Å². The Balaban J connectivity index is 1.91. The number of ketones is 1. The second-order valence-corrected chi connectivity index (χ2v) is 5.13. The van der Waals surface area contributed by atoms with Crippen LogP contribution >= 0.6 is 11.6 Å². The van der Waals surface area contributed by atoms with Gasteiger partial charge in [-0.15, -0.1) is 0 Å². The van der Waals surface area contributed by atoms with Crippen LogP contribution in [0.15, 0.2) is 54.7 Å². The van der Waals surface area contributed by atoms with E-state index in [-0.39, 0.29) is 17.2 Å². The van der Waals surface area contributed by atoms with Crippen LogP contribution < -0.4 is 0 Å². The lowest BCUT2D eigenvalue weighted by Gasteiger charge is -2.05. The molecule has 2 nitrogen and oxygen atoms in total. The first-order valence-electron chi connectivity index (χ1n) is 6.46. The second-order valence-electron chi connectivity index (χ2n) is 4.72. The first kappa shape index (κ1) is 13.7. The number of carbonyl (C=O) groups excluding carboxylic acids is 1. The molecule has 0 unspecified atom stereocenters. The molecule has 3 rings (SSSR count). The number of rotatable bonds is 3. The van der Waals surface area contributed by atoms with Gasteiger partial charge in [-0.25, -0.2) is 4.39 Å². The van der Waals surface area contributed by atoms with E-state index in [2.05, 4.69) is 4.98 Å². The van der Waals surface area contributed by atoms with Crippen molar-refractivity contribution in [3.8, 4) is 0 Å². The van der Waals surface area contributed by atoms with Crippen molar-refractivity contribution in [2.75, 3.05) is 0 Å². The van der Waals surface area contributed by atoms with Crippen LogP contribution in [0.25, 0.3) is 10.9 Å². The molecular formula is C17H11ClFNO. The fourth-order valence-corrected chi connectivity index (χ4v) is 2.39. The van der Waals surface area contributed by atoms with E-state index in [1.807, 2.05) is 18.2 Å². The van der Waals surface area contributed by atoms with Gasteiger partial charge in [-0.3, -0.25) is 9.78 Å². The maximum atomic E-state index is 13.8. The van der Waals surface area contributed by atoms with Gasteiger partial charge in [0.25, 0.3) is 0 Å². The minimum atomic E-state index is -0.536. The van der Waals surface area contributed by atoms with Gasteiger partial charge in [0, 0.05) is 23.6 Å². The molecule has 0 saturated heterocycles. The molecule has 1 heterocycles. The van der Waals surface area contributed by atoms with Gasteiger partial charge < -0.3 is 0 Å². The van der Waals surface area contributed by atoms with Crippen molar-refractivity contribution in [2.45, 2.75) is 6.42 Å². The highest BCUT2D eigenvalue weighted by Crippen LogP contribution is 2.20. The van der Waals surface area contributed by atoms with Crippen LogP contribution in [0.1, 0.15) is 15.9 Å². The molecule has 0 aliphatic heterocycles. The number of hydrogen-bond donors (Lipinski definition) is 0. The zero-order valence-electron chi connectivity index (χ0n) is 11.0. The average Bonchev–Trinajstić information content (AvgIpc) is 2.51. The van der Waals surface area contributed by atoms with Crippen molar-refractivity contribution in [2.24, 2.45) is 0 Å². The summed E-state index contributed by atoms with van der Waals surface area (Å²) in [7, 11) is 0. The lowest BCUT2D eigenvalue weighted by Crippen LogP contribution is -2.05. The fraction of sp³-hybridized carbons (Fsp3) is 0.0588. The van der Waals surface area contributed by atoms with Gasteiger partial charge in [-0.05, 0) is 23.8 Å². The third-order valence-corrected chi connectivity index (χ3v) is 3.60. The lowest BCUT2D eigenvalue weighted by atomic mass is 10.0. The Morgan fingerprint density at radius 2 is 2.00 bits per heavy atom. The number of hydrogen-bond acceptors (Lipinski definition) is 2. The number of halogens is 2. The van der Waals surface area contributed by atoms with Crippen molar-refractivity contribution in [1.29, 1.82) is 0 Å². The third-order valence-electron chi connectivity index (χ3n) is 3.31. The van der Waals surface area contributed by atoms with Crippen LogP contribution in [0, 0.1) is 5.82 Å². The fourth-order valence-electron chi connectivity index (χ4n) is 2.20. The predicted molar refractivity (Wildman–Crippen MR) is 81.2 cm³/mol. The first-order chi connectivity index (χ1) is 10.1. The molecule has 0 aliphatic rings. The third kappa shape index (κ3) is 2.78. The summed E-state index contributed by atoms with van der Waals surface area (Å²) in [4.78, 5) is 16.5. The van der Waals surface area contributed by atoms with Crippen LogP contribution in [-0.2, 0) is 6.42 Å². The quantitative estimate of drug-likeness (QED) is 0.669. The van der Waals surface area contributed by atoms with E-state index < -0.39 is 5.82 Å². The Morgan fingerprint density at radius 1 is 1.14 bits per heavy atom. The van der Waals surface area contributed by atoms with Crippen LogP contribution in [0.5, 0.6) is 0 Å². The van der Waals surface area contributed by atoms with Crippen molar-refractivity contribution < 1.29 is 9.18 Å². The molecule has 4 heteroatoms. The van der Waals surface area contributed by atoms with Crippen molar-refractivity contribution in [3.63, 3.8) is 0 Å². The molecule has 0 atom stereocenters. The first-order valence-corrected chi connectivity index (χ1v) is 6.84. The summed E-state index contributed by atoms with van der Waals surface area (Å²) < 4.78 is 13.8.